The van der Waals surface area contributed by atoms with Gasteiger partial charge in [0.1, 0.15) is 0 Å². The van der Waals surface area contributed by atoms with Gasteiger partial charge < -0.3 is 15.0 Å². The third-order valence-electron chi connectivity index (χ3n) is 3.13. The van der Waals surface area contributed by atoms with E-state index in [1.54, 1.807) is 7.11 Å². The number of nitrogens with one attached hydrogen (secondary N) is 1. The highest BCUT2D eigenvalue weighted by atomic mass is 16.5. The van der Waals surface area contributed by atoms with E-state index in [9.17, 15) is 0 Å². The third-order valence-corrected chi connectivity index (χ3v) is 3.13. The molecule has 0 amide bonds. The zero-order valence-electron chi connectivity index (χ0n) is 13.2. The van der Waals surface area contributed by atoms with Crippen LogP contribution >= 0.6 is 0 Å². The zero-order chi connectivity index (χ0) is 14.5. The SMILES string of the molecule is COCCN(C)c1ccc(CNC(C)(C)C)cc1C. The second-order valence-corrected chi connectivity index (χ2v) is 6.14. The van der Waals surface area contributed by atoms with Crippen LogP contribution in [0.2, 0.25) is 0 Å². The lowest BCUT2D eigenvalue weighted by Crippen LogP contribution is -2.35. The van der Waals surface area contributed by atoms with Gasteiger partial charge in [0, 0.05) is 38.5 Å². The number of nitrogens with zero attached hydrogens (tertiary/aromatic N) is 1. The molecule has 3 heteroatoms. The Hall–Kier alpha value is -1.06. The molecule has 0 aliphatic rings. The molecule has 1 N–H and O–H groups in total. The first-order valence-electron chi connectivity index (χ1n) is 6.88. The van der Waals surface area contributed by atoms with Crippen molar-refractivity contribution in [2.45, 2.75) is 39.8 Å². The van der Waals surface area contributed by atoms with E-state index in [1.165, 1.54) is 16.8 Å². The van der Waals surface area contributed by atoms with E-state index in [0.717, 1.165) is 19.7 Å². The Balaban J connectivity index is 2.69. The Morgan fingerprint density at radius 3 is 2.47 bits per heavy atom. The van der Waals surface area contributed by atoms with Crippen molar-refractivity contribution in [3.8, 4) is 0 Å². The molecule has 0 spiro atoms. The van der Waals surface area contributed by atoms with E-state index < -0.39 is 0 Å². The van der Waals surface area contributed by atoms with Crippen molar-refractivity contribution in [2.75, 3.05) is 32.2 Å². The van der Waals surface area contributed by atoms with Gasteiger partial charge in [-0.3, -0.25) is 0 Å². The summed E-state index contributed by atoms with van der Waals surface area (Å²) >= 11 is 0. The molecular formula is C16H28N2O. The topological polar surface area (TPSA) is 24.5 Å². The second kappa shape index (κ2) is 6.92. The fourth-order valence-electron chi connectivity index (χ4n) is 1.97. The van der Waals surface area contributed by atoms with Crippen LogP contribution in [-0.2, 0) is 11.3 Å². The van der Waals surface area contributed by atoms with E-state index in [1.807, 2.05) is 0 Å². The Labute approximate surface area is 118 Å². The van der Waals surface area contributed by atoms with Gasteiger partial charge in [-0.15, -0.1) is 0 Å². The molecule has 0 atom stereocenters. The van der Waals surface area contributed by atoms with Crippen LogP contribution < -0.4 is 10.2 Å². The first-order valence-corrected chi connectivity index (χ1v) is 6.88. The minimum Gasteiger partial charge on any atom is -0.383 e. The average molecular weight is 264 g/mol. The maximum atomic E-state index is 5.12. The molecule has 1 rings (SSSR count). The molecule has 0 radical (unpaired) electrons. The molecule has 0 unspecified atom stereocenters. The number of ether oxygens (including phenoxy) is 1. The van der Waals surface area contributed by atoms with Gasteiger partial charge >= 0.3 is 0 Å². The van der Waals surface area contributed by atoms with Gasteiger partial charge in [0.25, 0.3) is 0 Å². The van der Waals surface area contributed by atoms with Crippen LogP contribution in [0, 0.1) is 6.92 Å². The first kappa shape index (κ1) is 16.0. The maximum absolute atomic E-state index is 5.12. The van der Waals surface area contributed by atoms with Crippen molar-refractivity contribution < 1.29 is 4.74 Å². The van der Waals surface area contributed by atoms with Crippen LogP contribution in [0.3, 0.4) is 0 Å². The van der Waals surface area contributed by atoms with Gasteiger partial charge in [0.05, 0.1) is 6.61 Å². The van der Waals surface area contributed by atoms with Crippen molar-refractivity contribution in [1.29, 1.82) is 0 Å². The Morgan fingerprint density at radius 1 is 1.26 bits per heavy atom. The summed E-state index contributed by atoms with van der Waals surface area (Å²) in [6.07, 6.45) is 0. The smallest absolute Gasteiger partial charge is 0.0637 e. The summed E-state index contributed by atoms with van der Waals surface area (Å²) in [5, 5.41) is 3.51. The Bertz CT molecular complexity index is 396. The quantitative estimate of drug-likeness (QED) is 0.855. The zero-order valence-corrected chi connectivity index (χ0v) is 13.2. The van der Waals surface area contributed by atoms with Crippen molar-refractivity contribution >= 4 is 5.69 Å². The fraction of sp³-hybridized carbons (Fsp3) is 0.625. The van der Waals surface area contributed by atoms with Gasteiger partial charge in [-0.2, -0.15) is 0 Å². The molecule has 0 aliphatic carbocycles. The minimum absolute atomic E-state index is 0.155. The highest BCUT2D eigenvalue weighted by Crippen LogP contribution is 2.20. The maximum Gasteiger partial charge on any atom is 0.0637 e. The summed E-state index contributed by atoms with van der Waals surface area (Å²) in [6.45, 7) is 11.3. The van der Waals surface area contributed by atoms with E-state index >= 15 is 0 Å². The summed E-state index contributed by atoms with van der Waals surface area (Å²) in [5.74, 6) is 0. The molecule has 0 aliphatic heterocycles. The minimum atomic E-state index is 0.155. The predicted molar refractivity (Wildman–Crippen MR) is 82.9 cm³/mol. The van der Waals surface area contributed by atoms with Crippen molar-refractivity contribution in [3.63, 3.8) is 0 Å². The molecule has 0 bridgehead atoms. The lowest BCUT2D eigenvalue weighted by atomic mass is 10.1. The molecule has 108 valence electrons. The Morgan fingerprint density at radius 2 is 1.95 bits per heavy atom. The molecule has 1 aromatic carbocycles. The molecule has 19 heavy (non-hydrogen) atoms. The molecule has 0 aromatic heterocycles. The highest BCUT2D eigenvalue weighted by Gasteiger charge is 2.09. The molecule has 0 saturated carbocycles. The van der Waals surface area contributed by atoms with Crippen LogP contribution in [-0.4, -0.2) is 32.8 Å². The number of methoxy groups -OCH3 is 1. The number of rotatable bonds is 6. The molecule has 3 nitrogen and oxygen atoms in total. The number of likely N-dealkylation sites (N-methyl/N-ethyl adjacent to an activating group) is 1. The summed E-state index contributed by atoms with van der Waals surface area (Å²) in [6, 6.07) is 6.66. The van der Waals surface area contributed by atoms with Gasteiger partial charge in [-0.1, -0.05) is 12.1 Å². The largest absolute Gasteiger partial charge is 0.383 e. The van der Waals surface area contributed by atoms with Crippen molar-refractivity contribution in [3.05, 3.63) is 29.3 Å². The number of aryl methyl sites for hydroxylation is 1. The van der Waals surface area contributed by atoms with Gasteiger partial charge in [-0.05, 0) is 44.9 Å². The summed E-state index contributed by atoms with van der Waals surface area (Å²) in [4.78, 5) is 2.24. The summed E-state index contributed by atoms with van der Waals surface area (Å²) in [7, 11) is 3.84. The van der Waals surface area contributed by atoms with Crippen LogP contribution in [0.15, 0.2) is 18.2 Å². The van der Waals surface area contributed by atoms with Gasteiger partial charge in [0.2, 0.25) is 0 Å². The van der Waals surface area contributed by atoms with Gasteiger partial charge in [-0.25, -0.2) is 0 Å². The van der Waals surface area contributed by atoms with Crippen molar-refractivity contribution in [2.24, 2.45) is 0 Å². The van der Waals surface area contributed by atoms with E-state index in [-0.39, 0.29) is 5.54 Å². The lowest BCUT2D eigenvalue weighted by Gasteiger charge is -2.23. The van der Waals surface area contributed by atoms with Crippen molar-refractivity contribution in [1.82, 2.24) is 5.32 Å². The molecule has 0 fully saturated rings. The molecular weight excluding hydrogens is 236 g/mol. The van der Waals surface area contributed by atoms with E-state index in [2.05, 4.69) is 63.2 Å². The summed E-state index contributed by atoms with van der Waals surface area (Å²) in [5.41, 5.74) is 4.07. The number of anilines is 1. The molecule has 0 heterocycles. The third kappa shape index (κ3) is 5.62. The second-order valence-electron chi connectivity index (χ2n) is 6.14. The van der Waals surface area contributed by atoms with Crippen LogP contribution in [0.25, 0.3) is 0 Å². The van der Waals surface area contributed by atoms with Crippen LogP contribution in [0.4, 0.5) is 5.69 Å². The molecule has 0 saturated heterocycles. The predicted octanol–water partition coefficient (Wildman–Crippen LogP) is 2.97. The monoisotopic (exact) mass is 264 g/mol. The number of benzene rings is 1. The van der Waals surface area contributed by atoms with Gasteiger partial charge in [0.15, 0.2) is 0 Å². The lowest BCUT2D eigenvalue weighted by molar-refractivity contribution is 0.206. The van der Waals surface area contributed by atoms with Crippen LogP contribution in [0.1, 0.15) is 31.9 Å². The molecule has 1 aromatic rings. The van der Waals surface area contributed by atoms with Crippen LogP contribution in [0.5, 0.6) is 0 Å². The van der Waals surface area contributed by atoms with E-state index in [0.29, 0.717) is 0 Å². The Kier molecular flexibility index (Phi) is 5.83. The number of hydrogen-bond acceptors (Lipinski definition) is 3. The number of hydrogen-bond donors (Lipinski definition) is 1. The van der Waals surface area contributed by atoms with E-state index in [4.69, 9.17) is 4.74 Å². The highest BCUT2D eigenvalue weighted by molar-refractivity contribution is 5.53. The normalized spacial score (nSPS) is 11.7. The standard InChI is InChI=1S/C16H28N2O/c1-13-11-14(12-17-16(2,3)4)7-8-15(13)18(5)9-10-19-6/h7-8,11,17H,9-10,12H2,1-6H3. The summed E-state index contributed by atoms with van der Waals surface area (Å²) < 4.78 is 5.12. The average Bonchev–Trinajstić information content (AvgIpc) is 2.32. The fourth-order valence-corrected chi connectivity index (χ4v) is 1.97. The first-order chi connectivity index (χ1) is 8.83.